The fraction of sp³-hybridized carbons (Fsp3) is 0.833. The second-order valence-corrected chi connectivity index (χ2v) is 4.74. The van der Waals surface area contributed by atoms with Crippen LogP contribution < -0.4 is 0 Å². The second-order valence-electron chi connectivity index (χ2n) is 4.47. The van der Waals surface area contributed by atoms with E-state index in [4.69, 9.17) is 16.3 Å². The number of rotatable bonds is 8. The highest BCUT2D eigenvalue weighted by molar-refractivity contribution is 6.16. The maximum atomic E-state index is 5.87. The lowest BCUT2D eigenvalue weighted by Gasteiger charge is -2.09. The highest BCUT2D eigenvalue weighted by atomic mass is 35.5. The maximum absolute atomic E-state index is 5.87. The normalized spacial score (nSPS) is 11.4. The molecular formula is C12H22ClN3O. The summed E-state index contributed by atoms with van der Waals surface area (Å²) in [6.07, 6.45) is 2.12. The molecule has 0 aliphatic heterocycles. The molecule has 0 spiro atoms. The summed E-state index contributed by atoms with van der Waals surface area (Å²) in [5, 5.41) is 8.26. The van der Waals surface area contributed by atoms with Crippen molar-refractivity contribution in [1.82, 2.24) is 15.0 Å². The monoisotopic (exact) mass is 259 g/mol. The van der Waals surface area contributed by atoms with Gasteiger partial charge in [0.05, 0.1) is 24.7 Å². The van der Waals surface area contributed by atoms with Gasteiger partial charge >= 0.3 is 0 Å². The molecule has 1 aromatic heterocycles. The van der Waals surface area contributed by atoms with Gasteiger partial charge in [-0.25, -0.2) is 4.68 Å². The molecule has 0 bridgehead atoms. The predicted molar refractivity (Wildman–Crippen MR) is 69.2 cm³/mol. The summed E-state index contributed by atoms with van der Waals surface area (Å²) in [5.74, 6) is 1.11. The van der Waals surface area contributed by atoms with Crippen molar-refractivity contribution in [2.24, 2.45) is 5.92 Å². The molecule has 5 heteroatoms. The quantitative estimate of drug-likeness (QED) is 0.532. The maximum Gasteiger partial charge on any atom is 0.101 e. The van der Waals surface area contributed by atoms with E-state index in [0.717, 1.165) is 37.4 Å². The first-order chi connectivity index (χ1) is 8.19. The van der Waals surface area contributed by atoms with E-state index in [9.17, 15) is 0 Å². The van der Waals surface area contributed by atoms with Crippen LogP contribution in [-0.2, 0) is 23.6 Å². The number of aromatic nitrogens is 3. The number of halogens is 1. The average molecular weight is 260 g/mol. The molecule has 0 unspecified atom stereocenters. The molecule has 0 fully saturated rings. The van der Waals surface area contributed by atoms with Crippen molar-refractivity contribution >= 4 is 11.6 Å². The van der Waals surface area contributed by atoms with Gasteiger partial charge in [0, 0.05) is 6.61 Å². The molecule has 0 aliphatic rings. The third-order valence-electron chi connectivity index (χ3n) is 2.65. The zero-order chi connectivity index (χ0) is 12.7. The third kappa shape index (κ3) is 4.64. The van der Waals surface area contributed by atoms with Crippen molar-refractivity contribution in [2.45, 2.75) is 46.0 Å². The molecule has 0 saturated heterocycles. The molecule has 4 nitrogen and oxygen atoms in total. The zero-order valence-corrected chi connectivity index (χ0v) is 11.7. The van der Waals surface area contributed by atoms with Gasteiger partial charge in [-0.1, -0.05) is 19.1 Å². The number of alkyl halides is 1. The van der Waals surface area contributed by atoms with Gasteiger partial charge < -0.3 is 4.74 Å². The summed E-state index contributed by atoms with van der Waals surface area (Å²) in [5.41, 5.74) is 2.07. The van der Waals surface area contributed by atoms with Gasteiger partial charge in [-0.2, -0.15) is 0 Å². The molecule has 17 heavy (non-hydrogen) atoms. The van der Waals surface area contributed by atoms with Crippen LogP contribution in [0, 0.1) is 5.92 Å². The Labute approximate surface area is 108 Å². The molecular weight excluding hydrogens is 238 g/mol. The van der Waals surface area contributed by atoms with Crippen LogP contribution in [0.5, 0.6) is 0 Å². The lowest BCUT2D eigenvalue weighted by atomic mass is 10.1. The van der Waals surface area contributed by atoms with Crippen LogP contribution in [0.25, 0.3) is 0 Å². The van der Waals surface area contributed by atoms with E-state index in [1.54, 1.807) is 0 Å². The molecule has 0 aromatic carbocycles. The topological polar surface area (TPSA) is 39.9 Å². The van der Waals surface area contributed by atoms with Crippen LogP contribution in [0.3, 0.4) is 0 Å². The highest BCUT2D eigenvalue weighted by Crippen LogP contribution is 2.14. The lowest BCUT2D eigenvalue weighted by molar-refractivity contribution is 0.135. The Morgan fingerprint density at radius 3 is 2.76 bits per heavy atom. The van der Waals surface area contributed by atoms with Gasteiger partial charge in [0.15, 0.2) is 0 Å². The summed E-state index contributed by atoms with van der Waals surface area (Å²) in [4.78, 5) is 0. The first-order valence-electron chi connectivity index (χ1n) is 6.24. The van der Waals surface area contributed by atoms with Crippen molar-refractivity contribution in [3.63, 3.8) is 0 Å². The molecule has 1 heterocycles. The van der Waals surface area contributed by atoms with Gasteiger partial charge in [-0.05, 0) is 25.7 Å². The van der Waals surface area contributed by atoms with Crippen LogP contribution in [0.1, 0.15) is 38.6 Å². The van der Waals surface area contributed by atoms with Crippen molar-refractivity contribution in [3.8, 4) is 0 Å². The minimum atomic E-state index is 0.433. The minimum Gasteiger partial charge on any atom is -0.380 e. The molecule has 0 saturated carbocycles. The Kier molecular flexibility index (Phi) is 6.52. The van der Waals surface area contributed by atoms with Crippen molar-refractivity contribution in [1.29, 1.82) is 0 Å². The second kappa shape index (κ2) is 7.67. The van der Waals surface area contributed by atoms with E-state index in [1.807, 2.05) is 11.6 Å². The summed E-state index contributed by atoms with van der Waals surface area (Å²) in [6, 6.07) is 0. The van der Waals surface area contributed by atoms with E-state index < -0.39 is 0 Å². The van der Waals surface area contributed by atoms with Crippen LogP contribution in [0.2, 0.25) is 0 Å². The predicted octanol–water partition coefficient (Wildman–Crippen LogP) is 2.64. The molecule has 0 atom stereocenters. The van der Waals surface area contributed by atoms with Crippen LogP contribution in [0.15, 0.2) is 0 Å². The standard InChI is InChI=1S/C12H22ClN3O/c1-4-17-8-7-16-12(6-5-10(2)3)11(9-13)14-15-16/h10H,4-9H2,1-3H3. The number of nitrogens with zero attached hydrogens (tertiary/aromatic N) is 3. The lowest BCUT2D eigenvalue weighted by Crippen LogP contribution is -2.12. The van der Waals surface area contributed by atoms with E-state index in [0.29, 0.717) is 18.4 Å². The van der Waals surface area contributed by atoms with Gasteiger partial charge in [0.25, 0.3) is 0 Å². The molecule has 0 aliphatic carbocycles. The fourth-order valence-electron chi connectivity index (χ4n) is 1.65. The molecule has 0 amide bonds. The summed E-state index contributed by atoms with van der Waals surface area (Å²) in [6.45, 7) is 8.59. The van der Waals surface area contributed by atoms with Crippen LogP contribution in [-0.4, -0.2) is 28.2 Å². The fourth-order valence-corrected chi connectivity index (χ4v) is 1.85. The van der Waals surface area contributed by atoms with Crippen molar-refractivity contribution in [2.75, 3.05) is 13.2 Å². The van der Waals surface area contributed by atoms with Gasteiger partial charge in [0.2, 0.25) is 0 Å². The number of hydrogen-bond donors (Lipinski definition) is 0. The molecule has 98 valence electrons. The Balaban J connectivity index is 2.64. The van der Waals surface area contributed by atoms with Gasteiger partial charge in [-0.15, -0.1) is 16.7 Å². The van der Waals surface area contributed by atoms with E-state index in [1.165, 1.54) is 0 Å². The Bertz CT molecular complexity index is 326. The highest BCUT2D eigenvalue weighted by Gasteiger charge is 2.12. The zero-order valence-electron chi connectivity index (χ0n) is 10.9. The van der Waals surface area contributed by atoms with E-state index >= 15 is 0 Å². The van der Waals surface area contributed by atoms with Gasteiger partial charge in [0.1, 0.15) is 5.69 Å². The van der Waals surface area contributed by atoms with Crippen molar-refractivity contribution in [3.05, 3.63) is 11.4 Å². The third-order valence-corrected chi connectivity index (χ3v) is 2.91. The number of hydrogen-bond acceptors (Lipinski definition) is 3. The number of ether oxygens (including phenoxy) is 1. The molecule has 0 radical (unpaired) electrons. The molecule has 1 aromatic rings. The Morgan fingerprint density at radius 2 is 2.18 bits per heavy atom. The Morgan fingerprint density at radius 1 is 1.41 bits per heavy atom. The molecule has 0 N–H and O–H groups in total. The first kappa shape index (κ1) is 14.5. The Hall–Kier alpha value is -0.610. The average Bonchev–Trinajstić information content (AvgIpc) is 2.69. The smallest absolute Gasteiger partial charge is 0.101 e. The molecule has 1 rings (SSSR count). The van der Waals surface area contributed by atoms with E-state index in [-0.39, 0.29) is 0 Å². The summed E-state index contributed by atoms with van der Waals surface area (Å²) < 4.78 is 7.27. The largest absolute Gasteiger partial charge is 0.380 e. The SMILES string of the molecule is CCOCCn1nnc(CCl)c1CCC(C)C. The van der Waals surface area contributed by atoms with Crippen LogP contribution >= 0.6 is 11.6 Å². The van der Waals surface area contributed by atoms with Crippen LogP contribution in [0.4, 0.5) is 0 Å². The van der Waals surface area contributed by atoms with E-state index in [2.05, 4.69) is 24.2 Å². The summed E-state index contributed by atoms with van der Waals surface area (Å²) in [7, 11) is 0. The van der Waals surface area contributed by atoms with Crippen molar-refractivity contribution < 1.29 is 4.74 Å². The first-order valence-corrected chi connectivity index (χ1v) is 6.77. The summed E-state index contributed by atoms with van der Waals surface area (Å²) >= 11 is 5.87. The van der Waals surface area contributed by atoms with Gasteiger partial charge in [-0.3, -0.25) is 0 Å². The minimum absolute atomic E-state index is 0.433.